The van der Waals surface area contributed by atoms with Crippen LogP contribution in [-0.2, 0) is 6.42 Å². The minimum atomic E-state index is 0.976. The minimum Gasteiger partial charge on any atom is -0.330 e. The Bertz CT molecular complexity index is 619. The van der Waals surface area contributed by atoms with E-state index in [0.29, 0.717) is 0 Å². The molecule has 0 fully saturated rings. The maximum atomic E-state index is 4.97. The van der Waals surface area contributed by atoms with Crippen molar-refractivity contribution in [1.29, 1.82) is 0 Å². The molecule has 2 nitrogen and oxygen atoms in total. The van der Waals surface area contributed by atoms with Gasteiger partial charge in [0.1, 0.15) is 5.84 Å². The van der Waals surface area contributed by atoms with Gasteiger partial charge < -0.3 is 4.90 Å². The van der Waals surface area contributed by atoms with E-state index < -0.39 is 0 Å². The fourth-order valence-corrected chi connectivity index (χ4v) is 3.33. The van der Waals surface area contributed by atoms with E-state index in [1.807, 2.05) is 0 Å². The molecule has 1 aliphatic heterocycles. The van der Waals surface area contributed by atoms with Gasteiger partial charge in [-0.2, -0.15) is 0 Å². The first kappa shape index (κ1) is 16.8. The fourth-order valence-electron chi connectivity index (χ4n) is 3.33. The Balaban J connectivity index is 1.78. The van der Waals surface area contributed by atoms with Crippen LogP contribution in [0.25, 0.3) is 0 Å². The Morgan fingerprint density at radius 3 is 2.21 bits per heavy atom. The molecule has 3 rings (SSSR count). The summed E-state index contributed by atoms with van der Waals surface area (Å²) < 4.78 is 0. The summed E-state index contributed by atoms with van der Waals surface area (Å²) in [6.45, 7) is 1.97. The first-order valence-corrected chi connectivity index (χ1v) is 9.33. The SMILES string of the molecule is c1ccc(CCN(C2=NCCCCCCC2)c2ccccc2)cc1. The molecule has 126 valence electrons. The number of aliphatic imine (C=N–C) groups is 1. The summed E-state index contributed by atoms with van der Waals surface area (Å²) in [5, 5.41) is 0. The van der Waals surface area contributed by atoms with Gasteiger partial charge in [-0.1, -0.05) is 67.8 Å². The highest BCUT2D eigenvalue weighted by Gasteiger charge is 2.14. The lowest BCUT2D eigenvalue weighted by Crippen LogP contribution is -2.33. The lowest BCUT2D eigenvalue weighted by Gasteiger charge is -2.27. The van der Waals surface area contributed by atoms with Crippen LogP contribution in [0.2, 0.25) is 0 Å². The van der Waals surface area contributed by atoms with Crippen LogP contribution in [-0.4, -0.2) is 18.9 Å². The zero-order valence-electron chi connectivity index (χ0n) is 14.5. The number of para-hydroxylation sites is 1. The molecule has 1 aliphatic rings. The summed E-state index contributed by atoms with van der Waals surface area (Å²) in [6.07, 6.45) is 8.65. The number of amidine groups is 1. The van der Waals surface area contributed by atoms with Gasteiger partial charge in [-0.25, -0.2) is 0 Å². The number of rotatable bonds is 4. The molecular formula is C22H28N2. The predicted molar refractivity (Wildman–Crippen MR) is 104 cm³/mol. The van der Waals surface area contributed by atoms with Gasteiger partial charge in [0, 0.05) is 25.2 Å². The van der Waals surface area contributed by atoms with Crippen LogP contribution < -0.4 is 4.90 Å². The normalized spacial score (nSPS) is 15.8. The lowest BCUT2D eigenvalue weighted by atomic mass is 10.1. The summed E-state index contributed by atoms with van der Waals surface area (Å²) in [6, 6.07) is 21.5. The molecule has 0 atom stereocenters. The number of anilines is 1. The molecular weight excluding hydrogens is 292 g/mol. The first-order valence-electron chi connectivity index (χ1n) is 9.33. The van der Waals surface area contributed by atoms with E-state index in [0.717, 1.165) is 25.9 Å². The molecule has 0 aromatic heterocycles. The van der Waals surface area contributed by atoms with Crippen LogP contribution in [0.1, 0.15) is 44.1 Å². The zero-order valence-corrected chi connectivity index (χ0v) is 14.5. The molecule has 0 spiro atoms. The molecule has 0 amide bonds. The van der Waals surface area contributed by atoms with Crippen molar-refractivity contribution in [1.82, 2.24) is 0 Å². The van der Waals surface area contributed by atoms with Crippen molar-refractivity contribution in [2.45, 2.75) is 44.9 Å². The second-order valence-electron chi connectivity index (χ2n) is 6.54. The van der Waals surface area contributed by atoms with Gasteiger partial charge >= 0.3 is 0 Å². The van der Waals surface area contributed by atoms with Crippen molar-refractivity contribution in [3.8, 4) is 0 Å². The molecule has 0 radical (unpaired) electrons. The van der Waals surface area contributed by atoms with E-state index in [4.69, 9.17) is 4.99 Å². The molecule has 24 heavy (non-hydrogen) atoms. The maximum absolute atomic E-state index is 4.97. The molecule has 0 N–H and O–H groups in total. The zero-order chi connectivity index (χ0) is 16.5. The predicted octanol–water partition coefficient (Wildman–Crippen LogP) is 5.49. The van der Waals surface area contributed by atoms with Crippen molar-refractivity contribution in [2.24, 2.45) is 4.99 Å². The van der Waals surface area contributed by atoms with E-state index in [9.17, 15) is 0 Å². The standard InChI is InChI=1S/C22H28N2/c1-2-10-16-22(23-18-11-3-1)24(21-14-8-5-9-15-21)19-17-20-12-6-4-7-13-20/h4-9,12-15H,1-3,10-11,16-19H2. The van der Waals surface area contributed by atoms with E-state index in [-0.39, 0.29) is 0 Å². The van der Waals surface area contributed by atoms with E-state index in [2.05, 4.69) is 65.6 Å². The number of hydrogen-bond acceptors (Lipinski definition) is 2. The van der Waals surface area contributed by atoms with Gasteiger partial charge in [0.2, 0.25) is 0 Å². The van der Waals surface area contributed by atoms with Gasteiger partial charge in [0.05, 0.1) is 0 Å². The van der Waals surface area contributed by atoms with Gasteiger partial charge in [0.25, 0.3) is 0 Å². The maximum Gasteiger partial charge on any atom is 0.103 e. The number of hydrogen-bond donors (Lipinski definition) is 0. The number of nitrogens with zero attached hydrogens (tertiary/aromatic N) is 2. The van der Waals surface area contributed by atoms with E-state index in [1.165, 1.54) is 49.2 Å². The largest absolute Gasteiger partial charge is 0.330 e. The van der Waals surface area contributed by atoms with Gasteiger partial charge in [-0.05, 0) is 37.0 Å². The fraction of sp³-hybridized carbons (Fsp3) is 0.409. The van der Waals surface area contributed by atoms with Crippen molar-refractivity contribution < 1.29 is 0 Å². The number of benzene rings is 2. The molecule has 2 aromatic carbocycles. The second kappa shape index (κ2) is 9.27. The smallest absolute Gasteiger partial charge is 0.103 e. The molecule has 2 aromatic rings. The highest BCUT2D eigenvalue weighted by molar-refractivity contribution is 5.97. The monoisotopic (exact) mass is 320 g/mol. The summed E-state index contributed by atoms with van der Waals surface area (Å²) >= 11 is 0. The van der Waals surface area contributed by atoms with Crippen molar-refractivity contribution >= 4 is 11.5 Å². The Hall–Kier alpha value is -2.09. The third kappa shape index (κ3) is 4.95. The summed E-state index contributed by atoms with van der Waals surface area (Å²) in [5.41, 5.74) is 2.66. The molecule has 0 saturated carbocycles. The average molecular weight is 320 g/mol. The Kier molecular flexibility index (Phi) is 6.47. The van der Waals surface area contributed by atoms with Crippen LogP contribution in [0.15, 0.2) is 65.7 Å². The quantitative estimate of drug-likeness (QED) is 0.727. The molecule has 1 heterocycles. The third-order valence-electron chi connectivity index (χ3n) is 4.70. The van der Waals surface area contributed by atoms with Crippen LogP contribution in [0, 0.1) is 0 Å². The van der Waals surface area contributed by atoms with E-state index >= 15 is 0 Å². The van der Waals surface area contributed by atoms with Crippen molar-refractivity contribution in [3.63, 3.8) is 0 Å². The molecule has 2 heteroatoms. The van der Waals surface area contributed by atoms with Gasteiger partial charge in [-0.15, -0.1) is 0 Å². The third-order valence-corrected chi connectivity index (χ3v) is 4.70. The first-order chi connectivity index (χ1) is 11.9. The van der Waals surface area contributed by atoms with Crippen LogP contribution in [0.5, 0.6) is 0 Å². The van der Waals surface area contributed by atoms with Crippen LogP contribution >= 0.6 is 0 Å². The molecule has 0 unspecified atom stereocenters. The Morgan fingerprint density at radius 2 is 1.42 bits per heavy atom. The topological polar surface area (TPSA) is 15.6 Å². The summed E-state index contributed by atoms with van der Waals surface area (Å²) in [7, 11) is 0. The Labute approximate surface area is 146 Å². The lowest BCUT2D eigenvalue weighted by molar-refractivity contribution is 0.638. The second-order valence-corrected chi connectivity index (χ2v) is 6.54. The highest BCUT2D eigenvalue weighted by Crippen LogP contribution is 2.19. The summed E-state index contributed by atoms with van der Waals surface area (Å²) in [5.74, 6) is 1.28. The molecule has 0 aliphatic carbocycles. The van der Waals surface area contributed by atoms with Crippen LogP contribution in [0.3, 0.4) is 0 Å². The van der Waals surface area contributed by atoms with Crippen molar-refractivity contribution in [2.75, 3.05) is 18.0 Å². The Morgan fingerprint density at radius 1 is 0.750 bits per heavy atom. The average Bonchev–Trinajstić information content (AvgIpc) is 2.78. The van der Waals surface area contributed by atoms with E-state index in [1.54, 1.807) is 0 Å². The minimum absolute atomic E-state index is 0.976. The highest BCUT2D eigenvalue weighted by atomic mass is 15.2. The summed E-state index contributed by atoms with van der Waals surface area (Å²) in [4.78, 5) is 7.42. The van der Waals surface area contributed by atoms with Gasteiger partial charge in [-0.3, -0.25) is 4.99 Å². The molecule has 0 saturated heterocycles. The molecule has 0 bridgehead atoms. The van der Waals surface area contributed by atoms with Gasteiger partial charge in [0.15, 0.2) is 0 Å². The van der Waals surface area contributed by atoms with Crippen LogP contribution in [0.4, 0.5) is 5.69 Å². The van der Waals surface area contributed by atoms with Crippen molar-refractivity contribution in [3.05, 3.63) is 66.2 Å².